The molecule has 1 fully saturated rings. The monoisotopic (exact) mass is 412 g/mol. The van der Waals surface area contributed by atoms with Crippen LogP contribution in [0.25, 0.3) is 0 Å². The van der Waals surface area contributed by atoms with E-state index in [0.717, 1.165) is 12.8 Å². The second kappa shape index (κ2) is 8.55. The van der Waals surface area contributed by atoms with Gasteiger partial charge in [-0.1, -0.05) is 0 Å². The molecule has 146 valence electrons. The number of rotatable bonds is 5. The topological polar surface area (TPSA) is 115 Å². The van der Waals surface area contributed by atoms with Gasteiger partial charge in [0.2, 0.25) is 10.0 Å². The summed E-state index contributed by atoms with van der Waals surface area (Å²) >= 11 is 0. The number of anilines is 2. The average molecular weight is 413 g/mol. The lowest BCUT2D eigenvalue weighted by Crippen LogP contribution is -2.28. The van der Waals surface area contributed by atoms with E-state index in [-0.39, 0.29) is 28.6 Å². The van der Waals surface area contributed by atoms with Gasteiger partial charge in [-0.25, -0.2) is 13.4 Å². The molecule has 1 aromatic heterocycles. The van der Waals surface area contributed by atoms with Crippen LogP contribution in [-0.4, -0.2) is 43.8 Å². The number of pyridine rings is 1. The molecule has 3 rings (SSSR count). The first kappa shape index (κ1) is 20.9. The fourth-order valence-electron chi connectivity index (χ4n) is 2.77. The van der Waals surface area contributed by atoms with Crippen molar-refractivity contribution in [2.24, 2.45) is 0 Å². The molecule has 0 aliphatic carbocycles. The van der Waals surface area contributed by atoms with E-state index in [0.29, 0.717) is 24.6 Å². The summed E-state index contributed by atoms with van der Waals surface area (Å²) in [6, 6.07) is 7.52. The summed E-state index contributed by atoms with van der Waals surface area (Å²) in [5, 5.41) is 2.66. The smallest absolute Gasteiger partial charge is 0.255 e. The van der Waals surface area contributed by atoms with Crippen LogP contribution in [0.5, 0.6) is 5.75 Å². The van der Waals surface area contributed by atoms with Crippen LogP contribution in [-0.2, 0) is 10.0 Å². The molecule has 1 amide bonds. The van der Waals surface area contributed by atoms with Crippen LogP contribution in [0.1, 0.15) is 23.2 Å². The molecule has 8 nitrogen and oxygen atoms in total. The molecule has 10 heteroatoms. The van der Waals surface area contributed by atoms with E-state index in [2.05, 4.69) is 10.3 Å². The SMILES string of the molecule is COc1ccc(C(=O)Nc2ccc(N)nc2)cc1S(=O)(=O)N1CCCC1.Cl. The van der Waals surface area contributed by atoms with Gasteiger partial charge in [0, 0.05) is 18.7 Å². The highest BCUT2D eigenvalue weighted by Crippen LogP contribution is 2.30. The van der Waals surface area contributed by atoms with Crippen LogP contribution in [0.15, 0.2) is 41.4 Å². The van der Waals surface area contributed by atoms with E-state index in [1.165, 1.54) is 35.8 Å². The van der Waals surface area contributed by atoms with Gasteiger partial charge in [-0.15, -0.1) is 12.4 Å². The zero-order valence-electron chi connectivity index (χ0n) is 14.7. The lowest BCUT2D eigenvalue weighted by atomic mass is 10.2. The van der Waals surface area contributed by atoms with Crippen molar-refractivity contribution in [2.45, 2.75) is 17.7 Å². The number of carbonyl (C=O) groups is 1. The molecule has 0 bridgehead atoms. The van der Waals surface area contributed by atoms with E-state index in [4.69, 9.17) is 10.5 Å². The molecule has 1 aromatic carbocycles. The standard InChI is InChI=1S/C17H20N4O4S.ClH/c1-25-14-6-4-12(17(22)20-13-5-7-16(18)19-11-13)10-15(14)26(23,24)21-8-2-3-9-21;/h4-7,10-11H,2-3,8-9H2,1H3,(H2,18,19)(H,20,22);1H. The van der Waals surface area contributed by atoms with Gasteiger partial charge in [0.1, 0.15) is 16.5 Å². The second-order valence-electron chi connectivity index (χ2n) is 5.90. The van der Waals surface area contributed by atoms with Crippen molar-refractivity contribution < 1.29 is 17.9 Å². The van der Waals surface area contributed by atoms with E-state index < -0.39 is 15.9 Å². The van der Waals surface area contributed by atoms with Gasteiger partial charge >= 0.3 is 0 Å². The number of nitrogen functional groups attached to an aromatic ring is 1. The highest BCUT2D eigenvalue weighted by atomic mass is 35.5. The molecule has 2 aromatic rings. The Bertz CT molecular complexity index is 913. The molecule has 2 heterocycles. The summed E-state index contributed by atoms with van der Waals surface area (Å²) in [5.41, 5.74) is 6.19. The summed E-state index contributed by atoms with van der Waals surface area (Å²) in [4.78, 5) is 16.4. The lowest BCUT2D eigenvalue weighted by Gasteiger charge is -2.18. The van der Waals surface area contributed by atoms with E-state index in [9.17, 15) is 13.2 Å². The van der Waals surface area contributed by atoms with Crippen LogP contribution in [0.2, 0.25) is 0 Å². The summed E-state index contributed by atoms with van der Waals surface area (Å²) in [7, 11) is -2.32. The third-order valence-electron chi connectivity index (χ3n) is 4.15. The van der Waals surface area contributed by atoms with Gasteiger partial charge in [-0.2, -0.15) is 4.31 Å². The summed E-state index contributed by atoms with van der Waals surface area (Å²) in [6.07, 6.45) is 3.08. The van der Waals surface area contributed by atoms with Gasteiger partial charge in [-0.05, 0) is 43.2 Å². The fourth-order valence-corrected chi connectivity index (χ4v) is 4.47. The van der Waals surface area contributed by atoms with Crippen molar-refractivity contribution in [3.05, 3.63) is 42.1 Å². The van der Waals surface area contributed by atoms with Gasteiger partial charge in [0.15, 0.2) is 0 Å². The van der Waals surface area contributed by atoms with Gasteiger partial charge in [-0.3, -0.25) is 4.79 Å². The van der Waals surface area contributed by atoms with Crippen molar-refractivity contribution in [3.8, 4) is 5.75 Å². The number of aromatic nitrogens is 1. The molecule has 1 saturated heterocycles. The number of methoxy groups -OCH3 is 1. The number of nitrogens with two attached hydrogens (primary N) is 1. The number of hydrogen-bond acceptors (Lipinski definition) is 6. The Hall–Kier alpha value is -2.36. The number of halogens is 1. The van der Waals surface area contributed by atoms with Crippen LogP contribution in [0.4, 0.5) is 11.5 Å². The first-order valence-corrected chi connectivity index (χ1v) is 9.57. The quantitative estimate of drug-likeness (QED) is 0.777. The number of nitrogens with one attached hydrogen (secondary N) is 1. The highest BCUT2D eigenvalue weighted by Gasteiger charge is 2.30. The van der Waals surface area contributed by atoms with Crippen molar-refractivity contribution in [1.82, 2.24) is 9.29 Å². The number of benzene rings is 1. The third-order valence-corrected chi connectivity index (χ3v) is 6.07. The van der Waals surface area contributed by atoms with Crippen LogP contribution in [0.3, 0.4) is 0 Å². The molecule has 0 atom stereocenters. The average Bonchev–Trinajstić information content (AvgIpc) is 3.18. The predicted molar refractivity (Wildman–Crippen MR) is 105 cm³/mol. The third kappa shape index (κ3) is 4.49. The second-order valence-corrected chi connectivity index (χ2v) is 7.81. The summed E-state index contributed by atoms with van der Waals surface area (Å²) in [6.45, 7) is 0.942. The number of carbonyl (C=O) groups excluding carboxylic acids is 1. The maximum Gasteiger partial charge on any atom is 0.255 e. The first-order chi connectivity index (χ1) is 12.4. The molecule has 1 aliphatic heterocycles. The van der Waals surface area contributed by atoms with Gasteiger partial charge in [0.05, 0.1) is 19.0 Å². The summed E-state index contributed by atoms with van der Waals surface area (Å²) in [5.74, 6) is 0.103. The molecule has 3 N–H and O–H groups in total. The number of amides is 1. The Morgan fingerprint density at radius 3 is 2.52 bits per heavy atom. The zero-order valence-corrected chi connectivity index (χ0v) is 16.3. The Morgan fingerprint density at radius 2 is 1.93 bits per heavy atom. The fraction of sp³-hybridized carbons (Fsp3) is 0.294. The van der Waals surface area contributed by atoms with Gasteiger partial charge in [0.25, 0.3) is 5.91 Å². The van der Waals surface area contributed by atoms with E-state index in [1.54, 1.807) is 12.1 Å². The van der Waals surface area contributed by atoms with Crippen molar-refractivity contribution >= 4 is 39.8 Å². The molecule has 1 aliphatic rings. The van der Waals surface area contributed by atoms with Crippen LogP contribution >= 0.6 is 12.4 Å². The van der Waals surface area contributed by atoms with Crippen LogP contribution in [0, 0.1) is 0 Å². The zero-order chi connectivity index (χ0) is 18.7. The maximum absolute atomic E-state index is 12.9. The molecule has 0 saturated carbocycles. The number of ether oxygens (including phenoxy) is 1. The molecule has 0 spiro atoms. The Labute approximate surface area is 164 Å². The lowest BCUT2D eigenvalue weighted by molar-refractivity contribution is 0.102. The van der Waals surface area contributed by atoms with Crippen molar-refractivity contribution in [3.63, 3.8) is 0 Å². The minimum Gasteiger partial charge on any atom is -0.495 e. The highest BCUT2D eigenvalue weighted by molar-refractivity contribution is 7.89. The normalized spacial score (nSPS) is 14.4. The van der Waals surface area contributed by atoms with Crippen molar-refractivity contribution in [2.75, 3.05) is 31.2 Å². The largest absolute Gasteiger partial charge is 0.495 e. The molecule has 0 radical (unpaired) electrons. The van der Waals surface area contributed by atoms with E-state index >= 15 is 0 Å². The first-order valence-electron chi connectivity index (χ1n) is 8.13. The maximum atomic E-state index is 12.9. The molecule has 27 heavy (non-hydrogen) atoms. The van der Waals surface area contributed by atoms with Crippen molar-refractivity contribution in [1.29, 1.82) is 0 Å². The number of nitrogens with zero attached hydrogens (tertiary/aromatic N) is 2. The Balaban J connectivity index is 0.00000261. The molecular weight excluding hydrogens is 392 g/mol. The van der Waals surface area contributed by atoms with Crippen LogP contribution < -0.4 is 15.8 Å². The number of hydrogen-bond donors (Lipinski definition) is 2. The molecule has 0 unspecified atom stereocenters. The van der Waals surface area contributed by atoms with Gasteiger partial charge < -0.3 is 15.8 Å². The Morgan fingerprint density at radius 1 is 1.22 bits per heavy atom. The number of sulfonamides is 1. The van der Waals surface area contributed by atoms with E-state index in [1.807, 2.05) is 0 Å². The summed E-state index contributed by atoms with van der Waals surface area (Å²) < 4.78 is 32.4. The minimum absolute atomic E-state index is 0. The predicted octanol–water partition coefficient (Wildman–Crippen LogP) is 2.13. The Kier molecular flexibility index (Phi) is 6.63. The minimum atomic E-state index is -3.72. The molecular formula is C17H21ClN4O4S.